The number of nitrogens with zero attached hydrogens (tertiary/aromatic N) is 1. The molecule has 0 spiro atoms. The van der Waals surface area contributed by atoms with Crippen LogP contribution in [0.1, 0.15) is 27.1 Å². The van der Waals surface area contributed by atoms with Crippen molar-refractivity contribution >= 4 is 27.7 Å². The lowest BCUT2D eigenvalue weighted by Crippen LogP contribution is -2.31. The van der Waals surface area contributed by atoms with Gasteiger partial charge in [-0.15, -0.1) is 0 Å². The number of carbonyl (C=O) groups is 2. The van der Waals surface area contributed by atoms with Gasteiger partial charge in [0, 0.05) is 11.0 Å². The molecule has 0 unspecified atom stereocenters. The fourth-order valence-corrected chi connectivity index (χ4v) is 2.65. The van der Waals surface area contributed by atoms with E-state index in [1.165, 1.54) is 4.90 Å². The predicted molar refractivity (Wildman–Crippen MR) is 86.1 cm³/mol. The summed E-state index contributed by atoms with van der Waals surface area (Å²) in [5.41, 5.74) is 0.975. The summed E-state index contributed by atoms with van der Waals surface area (Å²) in [4.78, 5) is 25.6. The molecule has 0 saturated heterocycles. The van der Waals surface area contributed by atoms with Crippen LogP contribution in [0.25, 0.3) is 0 Å². The van der Waals surface area contributed by atoms with E-state index < -0.39 is 0 Å². The van der Waals surface area contributed by atoms with Crippen LogP contribution >= 0.6 is 15.9 Å². The van der Waals surface area contributed by atoms with Crippen LogP contribution in [0.2, 0.25) is 0 Å². The van der Waals surface area contributed by atoms with E-state index in [9.17, 15) is 9.59 Å². The molecule has 1 heterocycles. The summed E-state index contributed by atoms with van der Waals surface area (Å²) in [7, 11) is 0. The SMILES string of the molecule is O=C1c2ccccc2C(=O)N1CCCOc1ccc(Br)cc1. The Morgan fingerprint density at radius 1 is 0.909 bits per heavy atom. The van der Waals surface area contributed by atoms with Crippen molar-refractivity contribution in [3.63, 3.8) is 0 Å². The summed E-state index contributed by atoms with van der Waals surface area (Å²) in [6.45, 7) is 0.817. The number of imide groups is 1. The number of carbonyl (C=O) groups excluding carboxylic acids is 2. The Morgan fingerprint density at radius 2 is 1.50 bits per heavy atom. The van der Waals surface area contributed by atoms with Gasteiger partial charge >= 0.3 is 0 Å². The number of amides is 2. The van der Waals surface area contributed by atoms with Gasteiger partial charge in [0.05, 0.1) is 17.7 Å². The fourth-order valence-electron chi connectivity index (χ4n) is 2.39. The second kappa shape index (κ2) is 6.32. The lowest BCUT2D eigenvalue weighted by atomic mass is 10.1. The predicted octanol–water partition coefficient (Wildman–Crippen LogP) is 3.51. The van der Waals surface area contributed by atoms with E-state index in [1.807, 2.05) is 24.3 Å². The highest BCUT2D eigenvalue weighted by Crippen LogP contribution is 2.22. The first-order valence-electron chi connectivity index (χ1n) is 7.00. The van der Waals surface area contributed by atoms with E-state index in [2.05, 4.69) is 15.9 Å². The zero-order chi connectivity index (χ0) is 15.5. The molecule has 5 heteroatoms. The van der Waals surface area contributed by atoms with E-state index in [4.69, 9.17) is 4.74 Å². The van der Waals surface area contributed by atoms with Crippen molar-refractivity contribution in [2.45, 2.75) is 6.42 Å². The van der Waals surface area contributed by atoms with Crippen molar-refractivity contribution in [3.05, 3.63) is 64.1 Å². The number of fused-ring (bicyclic) bond motifs is 1. The summed E-state index contributed by atoms with van der Waals surface area (Å²) < 4.78 is 6.59. The molecule has 112 valence electrons. The first-order chi connectivity index (χ1) is 10.7. The second-order valence-electron chi connectivity index (χ2n) is 4.96. The first-order valence-corrected chi connectivity index (χ1v) is 7.80. The summed E-state index contributed by atoms with van der Waals surface area (Å²) >= 11 is 3.36. The van der Waals surface area contributed by atoms with Crippen LogP contribution in [-0.4, -0.2) is 29.9 Å². The molecule has 0 bridgehead atoms. The van der Waals surface area contributed by atoms with Gasteiger partial charge < -0.3 is 4.74 Å². The van der Waals surface area contributed by atoms with Crippen LogP contribution < -0.4 is 4.74 Å². The lowest BCUT2D eigenvalue weighted by molar-refractivity contribution is 0.0647. The standard InChI is InChI=1S/C17H14BrNO3/c18-12-6-8-13(9-7-12)22-11-3-10-19-16(20)14-4-1-2-5-15(14)17(19)21/h1-2,4-9H,3,10-11H2. The third kappa shape index (κ3) is 2.90. The van der Waals surface area contributed by atoms with Gasteiger partial charge in [-0.1, -0.05) is 28.1 Å². The molecule has 22 heavy (non-hydrogen) atoms. The minimum absolute atomic E-state index is 0.218. The van der Waals surface area contributed by atoms with Crippen LogP contribution in [0, 0.1) is 0 Å². The third-order valence-corrected chi connectivity index (χ3v) is 4.02. The maximum Gasteiger partial charge on any atom is 0.261 e. The van der Waals surface area contributed by atoms with Gasteiger partial charge in [0.15, 0.2) is 0 Å². The number of benzene rings is 2. The average Bonchev–Trinajstić information content (AvgIpc) is 2.78. The molecular weight excluding hydrogens is 346 g/mol. The molecule has 2 amide bonds. The molecular formula is C17H14BrNO3. The average molecular weight is 360 g/mol. The number of hydrogen-bond acceptors (Lipinski definition) is 3. The van der Waals surface area contributed by atoms with Crippen molar-refractivity contribution < 1.29 is 14.3 Å². The molecule has 0 aromatic heterocycles. The molecule has 2 aromatic carbocycles. The van der Waals surface area contributed by atoms with E-state index in [0.29, 0.717) is 30.7 Å². The molecule has 0 radical (unpaired) electrons. The molecule has 2 aromatic rings. The smallest absolute Gasteiger partial charge is 0.261 e. The summed E-state index contributed by atoms with van der Waals surface area (Å²) in [6.07, 6.45) is 0.599. The number of halogens is 1. The van der Waals surface area contributed by atoms with Crippen molar-refractivity contribution in [1.29, 1.82) is 0 Å². The van der Waals surface area contributed by atoms with Crippen molar-refractivity contribution in [2.75, 3.05) is 13.2 Å². The van der Waals surface area contributed by atoms with Gasteiger partial charge in [-0.05, 0) is 42.8 Å². The normalized spacial score (nSPS) is 13.4. The van der Waals surface area contributed by atoms with Gasteiger partial charge in [-0.2, -0.15) is 0 Å². The molecule has 0 saturated carbocycles. The Balaban J connectivity index is 1.54. The summed E-state index contributed by atoms with van der Waals surface area (Å²) in [5.74, 6) is 0.332. The molecule has 1 aliphatic rings. The maximum atomic E-state index is 12.2. The molecule has 3 rings (SSSR count). The van der Waals surface area contributed by atoms with Crippen molar-refractivity contribution in [3.8, 4) is 5.75 Å². The van der Waals surface area contributed by atoms with Gasteiger partial charge in [0.25, 0.3) is 11.8 Å². The maximum absolute atomic E-state index is 12.2. The largest absolute Gasteiger partial charge is 0.494 e. The molecule has 1 aliphatic heterocycles. The van der Waals surface area contributed by atoms with Crippen molar-refractivity contribution in [1.82, 2.24) is 4.90 Å². The minimum Gasteiger partial charge on any atom is -0.494 e. The zero-order valence-electron chi connectivity index (χ0n) is 11.8. The Hall–Kier alpha value is -2.14. The van der Waals surface area contributed by atoms with Crippen LogP contribution in [0.5, 0.6) is 5.75 Å². The van der Waals surface area contributed by atoms with Crippen LogP contribution in [0.15, 0.2) is 53.0 Å². The highest BCUT2D eigenvalue weighted by atomic mass is 79.9. The Bertz CT molecular complexity index is 677. The van der Waals surface area contributed by atoms with Crippen molar-refractivity contribution in [2.24, 2.45) is 0 Å². The Morgan fingerprint density at radius 3 is 2.09 bits per heavy atom. The van der Waals surface area contributed by atoms with Gasteiger partial charge in [0.2, 0.25) is 0 Å². The van der Waals surface area contributed by atoms with Gasteiger partial charge in [0.1, 0.15) is 5.75 Å². The zero-order valence-corrected chi connectivity index (χ0v) is 13.4. The monoisotopic (exact) mass is 359 g/mol. The summed E-state index contributed by atoms with van der Waals surface area (Å²) in [5, 5.41) is 0. The quantitative estimate of drug-likeness (QED) is 0.606. The highest BCUT2D eigenvalue weighted by molar-refractivity contribution is 9.10. The second-order valence-corrected chi connectivity index (χ2v) is 5.88. The Kier molecular flexibility index (Phi) is 4.24. The van der Waals surface area contributed by atoms with Crippen LogP contribution in [-0.2, 0) is 0 Å². The van der Waals surface area contributed by atoms with E-state index in [-0.39, 0.29) is 11.8 Å². The van der Waals surface area contributed by atoms with E-state index in [1.54, 1.807) is 24.3 Å². The Labute approximate surface area is 136 Å². The van der Waals surface area contributed by atoms with E-state index in [0.717, 1.165) is 10.2 Å². The molecule has 0 atom stereocenters. The minimum atomic E-state index is -0.218. The number of hydrogen-bond donors (Lipinski definition) is 0. The topological polar surface area (TPSA) is 46.6 Å². The first kappa shape index (κ1) is 14.8. The number of ether oxygens (including phenoxy) is 1. The molecule has 4 nitrogen and oxygen atoms in total. The van der Waals surface area contributed by atoms with Gasteiger partial charge in [-0.3, -0.25) is 14.5 Å². The number of rotatable bonds is 5. The van der Waals surface area contributed by atoms with Gasteiger partial charge in [-0.25, -0.2) is 0 Å². The fraction of sp³-hybridized carbons (Fsp3) is 0.176. The third-order valence-electron chi connectivity index (χ3n) is 3.49. The van der Waals surface area contributed by atoms with Crippen LogP contribution in [0.4, 0.5) is 0 Å². The molecule has 0 aliphatic carbocycles. The van der Waals surface area contributed by atoms with E-state index >= 15 is 0 Å². The summed E-state index contributed by atoms with van der Waals surface area (Å²) in [6, 6.07) is 14.5. The lowest BCUT2D eigenvalue weighted by Gasteiger charge is -2.14. The highest BCUT2D eigenvalue weighted by Gasteiger charge is 2.34. The molecule has 0 N–H and O–H groups in total. The molecule has 0 fully saturated rings. The van der Waals surface area contributed by atoms with Crippen LogP contribution in [0.3, 0.4) is 0 Å².